The number of nitro groups is 1. The largest absolute Gasteiger partial charge is 0.494 e. The number of nitrogens with zero attached hydrogens (tertiary/aromatic N) is 1. The Balaban J connectivity index is 2.01. The summed E-state index contributed by atoms with van der Waals surface area (Å²) >= 11 is 6.83. The number of thiocarbonyl (C=S) groups is 1. The number of anilines is 1. The Labute approximate surface area is 130 Å². The molecule has 0 atom stereocenters. The van der Waals surface area contributed by atoms with Crippen LogP contribution in [0.25, 0.3) is 0 Å². The first kappa shape index (κ1) is 15.2. The number of ether oxygens (including phenoxy) is 1. The molecule has 0 aliphatic heterocycles. The van der Waals surface area contributed by atoms with Crippen LogP contribution >= 0.6 is 23.6 Å². The van der Waals surface area contributed by atoms with Gasteiger partial charge in [-0.05, 0) is 29.7 Å². The fraction of sp³-hybridized carbons (Fsp3) is 0.154. The monoisotopic (exact) mass is 323 g/mol. The Kier molecular flexibility index (Phi) is 5.07. The van der Waals surface area contributed by atoms with Gasteiger partial charge in [0.1, 0.15) is 5.75 Å². The molecule has 0 aliphatic carbocycles. The Morgan fingerprint density at radius 3 is 2.90 bits per heavy atom. The van der Waals surface area contributed by atoms with Crippen molar-refractivity contribution in [2.24, 2.45) is 0 Å². The molecule has 1 heterocycles. The molecule has 0 radical (unpaired) electrons. The molecule has 1 aromatic heterocycles. The van der Waals surface area contributed by atoms with Gasteiger partial charge in [-0.2, -0.15) is 0 Å². The molecular weight excluding hydrogens is 310 g/mol. The lowest BCUT2D eigenvalue weighted by atomic mass is 10.2. The molecule has 2 aromatic rings. The fourth-order valence-corrected chi connectivity index (χ4v) is 2.47. The molecule has 0 fully saturated rings. The quantitative estimate of drug-likeness (QED) is 0.500. The standard InChI is InChI=1S/C13H13N3O3S2/c1-19-12-7-9(16(17)18)4-5-11(12)15-13(20)14-8-10-3-2-6-21-10/h2-7H,8H2,1H3,(H2,14,15,20). The molecule has 2 N–H and O–H groups in total. The Morgan fingerprint density at radius 2 is 2.29 bits per heavy atom. The van der Waals surface area contributed by atoms with Crippen LogP contribution in [0.4, 0.5) is 11.4 Å². The number of methoxy groups -OCH3 is 1. The lowest BCUT2D eigenvalue weighted by Crippen LogP contribution is -2.27. The number of nitrogens with one attached hydrogen (secondary N) is 2. The molecule has 1 aromatic carbocycles. The zero-order valence-electron chi connectivity index (χ0n) is 11.2. The van der Waals surface area contributed by atoms with E-state index in [4.69, 9.17) is 17.0 Å². The zero-order valence-corrected chi connectivity index (χ0v) is 12.8. The van der Waals surface area contributed by atoms with Crippen LogP contribution < -0.4 is 15.4 Å². The summed E-state index contributed by atoms with van der Waals surface area (Å²) in [5, 5.41) is 19.2. The van der Waals surface area contributed by atoms with E-state index in [0.717, 1.165) is 4.88 Å². The Bertz CT molecular complexity index is 644. The topological polar surface area (TPSA) is 76.4 Å². The number of thiophene rings is 1. The molecule has 0 unspecified atom stereocenters. The second kappa shape index (κ2) is 7.00. The van der Waals surface area contributed by atoms with Crippen molar-refractivity contribution in [3.8, 4) is 5.75 Å². The van der Waals surface area contributed by atoms with E-state index in [1.54, 1.807) is 17.4 Å². The summed E-state index contributed by atoms with van der Waals surface area (Å²) in [6, 6.07) is 8.29. The minimum atomic E-state index is -0.473. The molecule has 8 heteroatoms. The molecule has 0 bridgehead atoms. The van der Waals surface area contributed by atoms with Gasteiger partial charge >= 0.3 is 0 Å². The first-order valence-corrected chi connectivity index (χ1v) is 7.28. The minimum Gasteiger partial charge on any atom is -0.494 e. The Morgan fingerprint density at radius 1 is 1.48 bits per heavy atom. The Hall–Kier alpha value is -2.19. The van der Waals surface area contributed by atoms with Crippen LogP contribution in [0.3, 0.4) is 0 Å². The number of benzene rings is 1. The van der Waals surface area contributed by atoms with Gasteiger partial charge in [-0.3, -0.25) is 10.1 Å². The van der Waals surface area contributed by atoms with E-state index in [1.165, 1.54) is 19.2 Å². The van der Waals surface area contributed by atoms with Crippen molar-refractivity contribution < 1.29 is 9.66 Å². The SMILES string of the molecule is COc1cc([N+](=O)[O-])ccc1NC(=S)NCc1cccs1. The van der Waals surface area contributed by atoms with Crippen molar-refractivity contribution in [1.29, 1.82) is 0 Å². The van der Waals surface area contributed by atoms with E-state index in [9.17, 15) is 10.1 Å². The minimum absolute atomic E-state index is 0.0325. The van der Waals surface area contributed by atoms with Crippen LogP contribution in [0, 0.1) is 10.1 Å². The van der Waals surface area contributed by atoms with E-state index >= 15 is 0 Å². The highest BCUT2D eigenvalue weighted by Gasteiger charge is 2.12. The van der Waals surface area contributed by atoms with Crippen molar-refractivity contribution >= 4 is 40.0 Å². The van der Waals surface area contributed by atoms with Crippen molar-refractivity contribution in [2.75, 3.05) is 12.4 Å². The average Bonchev–Trinajstić information content (AvgIpc) is 2.98. The summed E-state index contributed by atoms with van der Waals surface area (Å²) < 4.78 is 5.14. The summed E-state index contributed by atoms with van der Waals surface area (Å²) in [5.41, 5.74) is 0.543. The summed E-state index contributed by atoms with van der Waals surface area (Å²) in [6.45, 7) is 0.624. The number of rotatable bonds is 5. The number of nitro benzene ring substituents is 1. The molecule has 21 heavy (non-hydrogen) atoms. The van der Waals surface area contributed by atoms with Crippen molar-refractivity contribution in [1.82, 2.24) is 5.32 Å². The highest BCUT2D eigenvalue weighted by atomic mass is 32.1. The number of non-ortho nitro benzene ring substituents is 1. The highest BCUT2D eigenvalue weighted by molar-refractivity contribution is 7.80. The maximum Gasteiger partial charge on any atom is 0.273 e. The van der Waals surface area contributed by atoms with Gasteiger partial charge in [0, 0.05) is 10.9 Å². The zero-order chi connectivity index (χ0) is 15.2. The van der Waals surface area contributed by atoms with E-state index < -0.39 is 4.92 Å². The lowest BCUT2D eigenvalue weighted by Gasteiger charge is -2.12. The first-order chi connectivity index (χ1) is 10.1. The average molecular weight is 323 g/mol. The van der Waals surface area contributed by atoms with Gasteiger partial charge in [0.25, 0.3) is 5.69 Å². The van der Waals surface area contributed by atoms with E-state index in [1.807, 2.05) is 17.5 Å². The summed E-state index contributed by atoms with van der Waals surface area (Å²) in [4.78, 5) is 11.4. The summed E-state index contributed by atoms with van der Waals surface area (Å²) in [6.07, 6.45) is 0. The summed E-state index contributed by atoms with van der Waals surface area (Å²) in [5.74, 6) is 0.365. The van der Waals surface area contributed by atoms with Crippen molar-refractivity contribution in [3.05, 3.63) is 50.7 Å². The van der Waals surface area contributed by atoms with Gasteiger partial charge in [-0.25, -0.2) is 0 Å². The van der Waals surface area contributed by atoms with E-state index in [0.29, 0.717) is 23.1 Å². The normalized spacial score (nSPS) is 9.95. The van der Waals surface area contributed by atoms with Gasteiger partial charge in [-0.15, -0.1) is 11.3 Å². The molecule has 0 amide bonds. The molecule has 0 saturated carbocycles. The second-order valence-electron chi connectivity index (χ2n) is 4.03. The third-order valence-electron chi connectivity index (χ3n) is 2.65. The number of hydrogen-bond acceptors (Lipinski definition) is 5. The van der Waals surface area contributed by atoms with Gasteiger partial charge in [0.15, 0.2) is 5.11 Å². The molecule has 6 nitrogen and oxygen atoms in total. The molecule has 0 saturated heterocycles. The van der Waals surface area contributed by atoms with Crippen LogP contribution in [0.2, 0.25) is 0 Å². The van der Waals surface area contributed by atoms with Crippen LogP contribution in [-0.2, 0) is 6.54 Å². The lowest BCUT2D eigenvalue weighted by molar-refractivity contribution is -0.384. The van der Waals surface area contributed by atoms with Crippen LogP contribution in [0.15, 0.2) is 35.7 Å². The van der Waals surface area contributed by atoms with Gasteiger partial charge in [0.2, 0.25) is 0 Å². The predicted octanol–water partition coefficient (Wildman–Crippen LogP) is 3.15. The third-order valence-corrected chi connectivity index (χ3v) is 3.77. The van der Waals surface area contributed by atoms with E-state index in [-0.39, 0.29) is 5.69 Å². The van der Waals surface area contributed by atoms with Crippen LogP contribution in [0.5, 0.6) is 5.75 Å². The molecule has 110 valence electrons. The number of hydrogen-bond donors (Lipinski definition) is 2. The van der Waals surface area contributed by atoms with Crippen molar-refractivity contribution in [3.63, 3.8) is 0 Å². The molecule has 2 rings (SSSR count). The summed E-state index contributed by atoms with van der Waals surface area (Å²) in [7, 11) is 1.45. The molecule has 0 spiro atoms. The van der Waals surface area contributed by atoms with Gasteiger partial charge in [-0.1, -0.05) is 6.07 Å². The second-order valence-corrected chi connectivity index (χ2v) is 5.47. The highest BCUT2D eigenvalue weighted by Crippen LogP contribution is 2.28. The maximum atomic E-state index is 10.7. The molecular formula is C13H13N3O3S2. The molecule has 0 aliphatic rings. The van der Waals surface area contributed by atoms with Gasteiger partial charge < -0.3 is 15.4 Å². The predicted molar refractivity (Wildman–Crippen MR) is 87.0 cm³/mol. The first-order valence-electron chi connectivity index (χ1n) is 6.00. The van der Waals surface area contributed by atoms with Crippen LogP contribution in [-0.4, -0.2) is 17.1 Å². The third kappa shape index (κ3) is 4.14. The van der Waals surface area contributed by atoms with Gasteiger partial charge in [0.05, 0.1) is 30.3 Å². The van der Waals surface area contributed by atoms with Crippen LogP contribution in [0.1, 0.15) is 4.88 Å². The maximum absolute atomic E-state index is 10.7. The van der Waals surface area contributed by atoms with Crippen molar-refractivity contribution in [2.45, 2.75) is 6.54 Å². The van der Waals surface area contributed by atoms with E-state index in [2.05, 4.69) is 10.6 Å². The smallest absolute Gasteiger partial charge is 0.273 e. The fourth-order valence-electron chi connectivity index (χ4n) is 1.64.